The lowest BCUT2D eigenvalue weighted by atomic mass is 9.72. The summed E-state index contributed by atoms with van der Waals surface area (Å²) in [6.07, 6.45) is -3.03. The fourth-order valence-corrected chi connectivity index (χ4v) is 6.54. The van der Waals surface area contributed by atoms with Crippen LogP contribution in [0.3, 0.4) is 0 Å². The molecule has 12 heteroatoms. The van der Waals surface area contributed by atoms with Crippen molar-refractivity contribution in [3.05, 3.63) is 72.5 Å². The molecule has 0 atom stereocenters. The summed E-state index contributed by atoms with van der Waals surface area (Å²) in [7, 11) is 0. The van der Waals surface area contributed by atoms with Gasteiger partial charge in [-0.15, -0.1) is 0 Å². The summed E-state index contributed by atoms with van der Waals surface area (Å²) in [4.78, 5) is 31.5. The number of aromatic nitrogens is 1. The average Bonchev–Trinajstić information content (AvgIpc) is 2.77. The number of nitro groups is 1. The van der Waals surface area contributed by atoms with Crippen molar-refractivity contribution in [3.63, 3.8) is 0 Å². The standard InChI is InChI=1S/C23H20BrF3N4O3S/c24-16-3-1-2-14(8-16)11-29-12-22(13-29)4-6-30(7-5-22)21-28-20(32)17-9-15(23(25,26)27)10-18(31(33)34)19(17)35-21/h1-3,8-10H,4-7,11-13H2. The number of nitrogens with zero attached hydrogens (tertiary/aromatic N) is 4. The number of hydrogen-bond donors (Lipinski definition) is 0. The van der Waals surface area contributed by atoms with Crippen LogP contribution in [0.25, 0.3) is 10.1 Å². The van der Waals surface area contributed by atoms with E-state index in [2.05, 4.69) is 37.9 Å². The van der Waals surface area contributed by atoms with Crippen LogP contribution in [0, 0.1) is 15.5 Å². The molecule has 5 rings (SSSR count). The third-order valence-electron chi connectivity index (χ3n) is 6.72. The van der Waals surface area contributed by atoms with Gasteiger partial charge >= 0.3 is 6.18 Å². The zero-order valence-corrected chi connectivity index (χ0v) is 20.8. The van der Waals surface area contributed by atoms with E-state index in [1.807, 2.05) is 17.0 Å². The smallest absolute Gasteiger partial charge is 0.348 e. The summed E-state index contributed by atoms with van der Waals surface area (Å²) in [5.41, 5.74) is -1.40. The normalized spacial score (nSPS) is 18.1. The maximum atomic E-state index is 13.2. The second kappa shape index (κ2) is 8.82. The number of nitro benzene ring substituents is 1. The molecular formula is C23H20BrF3N4O3S. The average molecular weight is 569 g/mol. The minimum absolute atomic E-state index is 0.0814. The van der Waals surface area contributed by atoms with E-state index in [0.717, 1.165) is 48.3 Å². The van der Waals surface area contributed by atoms with Gasteiger partial charge in [-0.2, -0.15) is 18.2 Å². The van der Waals surface area contributed by atoms with Crippen molar-refractivity contribution in [1.29, 1.82) is 0 Å². The van der Waals surface area contributed by atoms with Crippen molar-refractivity contribution in [2.75, 3.05) is 31.1 Å². The topological polar surface area (TPSA) is 79.6 Å². The number of piperidine rings is 1. The lowest BCUT2D eigenvalue weighted by molar-refractivity contribution is -0.383. The van der Waals surface area contributed by atoms with E-state index >= 15 is 0 Å². The van der Waals surface area contributed by atoms with Gasteiger partial charge in [-0.05, 0) is 42.0 Å². The Morgan fingerprint density at radius 2 is 1.89 bits per heavy atom. The van der Waals surface area contributed by atoms with Crippen LogP contribution < -0.4 is 10.5 Å². The van der Waals surface area contributed by atoms with Crippen LogP contribution in [-0.2, 0) is 12.7 Å². The summed E-state index contributed by atoms with van der Waals surface area (Å²) in [5, 5.41) is 11.4. The summed E-state index contributed by atoms with van der Waals surface area (Å²) >= 11 is 4.40. The maximum absolute atomic E-state index is 13.2. The number of rotatable bonds is 4. The largest absolute Gasteiger partial charge is 0.416 e. The lowest BCUT2D eigenvalue weighted by Gasteiger charge is -2.54. The molecule has 35 heavy (non-hydrogen) atoms. The maximum Gasteiger partial charge on any atom is 0.416 e. The Kier molecular flexibility index (Phi) is 6.09. The number of non-ortho nitro benzene ring substituents is 1. The van der Waals surface area contributed by atoms with E-state index in [4.69, 9.17) is 0 Å². The van der Waals surface area contributed by atoms with Gasteiger partial charge in [-0.3, -0.25) is 19.8 Å². The van der Waals surface area contributed by atoms with Gasteiger partial charge in [0.2, 0.25) is 0 Å². The molecule has 0 aliphatic carbocycles. The number of anilines is 1. The van der Waals surface area contributed by atoms with E-state index in [-0.39, 0.29) is 15.5 Å². The molecule has 3 heterocycles. The Morgan fingerprint density at radius 3 is 2.51 bits per heavy atom. The molecule has 0 unspecified atom stereocenters. The second-order valence-corrected chi connectivity index (χ2v) is 11.1. The molecule has 0 saturated carbocycles. The molecule has 3 aromatic rings. The first kappa shape index (κ1) is 24.1. The molecule has 0 N–H and O–H groups in total. The summed E-state index contributed by atoms with van der Waals surface area (Å²) < 4.78 is 40.5. The van der Waals surface area contributed by atoms with Crippen molar-refractivity contribution in [2.45, 2.75) is 25.6 Å². The van der Waals surface area contributed by atoms with Crippen LogP contribution in [0.5, 0.6) is 0 Å². The minimum Gasteiger partial charge on any atom is -0.348 e. The Balaban J connectivity index is 1.32. The summed E-state index contributed by atoms with van der Waals surface area (Å²) in [5.74, 6) is 0. The number of fused-ring (bicyclic) bond motifs is 1. The van der Waals surface area contributed by atoms with Gasteiger partial charge in [0.1, 0.15) is 4.70 Å². The molecule has 2 fully saturated rings. The van der Waals surface area contributed by atoms with Gasteiger partial charge in [0.05, 0.1) is 15.9 Å². The zero-order valence-electron chi connectivity index (χ0n) is 18.3. The first-order valence-corrected chi connectivity index (χ1v) is 12.6. The molecule has 184 valence electrons. The van der Waals surface area contributed by atoms with Crippen LogP contribution in [0.4, 0.5) is 24.0 Å². The van der Waals surface area contributed by atoms with Crippen molar-refractivity contribution in [3.8, 4) is 0 Å². The van der Waals surface area contributed by atoms with Crippen molar-refractivity contribution in [1.82, 2.24) is 9.88 Å². The molecule has 7 nitrogen and oxygen atoms in total. The Morgan fingerprint density at radius 1 is 1.17 bits per heavy atom. The molecule has 2 aliphatic rings. The van der Waals surface area contributed by atoms with Crippen molar-refractivity contribution >= 4 is 48.2 Å². The fraction of sp³-hybridized carbons (Fsp3) is 0.391. The van der Waals surface area contributed by atoms with E-state index in [0.29, 0.717) is 30.4 Å². The van der Waals surface area contributed by atoms with Gasteiger partial charge in [0.15, 0.2) is 5.13 Å². The SMILES string of the molecule is O=c1nc(N2CCC3(CC2)CN(Cc2cccc(Br)c2)C3)sc2c([N+](=O)[O-])cc(C(F)(F)F)cc12. The van der Waals surface area contributed by atoms with Crippen molar-refractivity contribution in [2.24, 2.45) is 5.41 Å². The Hall–Kier alpha value is -2.57. The fourth-order valence-electron chi connectivity index (χ4n) is 4.97. The van der Waals surface area contributed by atoms with Gasteiger partial charge in [0.25, 0.3) is 11.2 Å². The quantitative estimate of drug-likeness (QED) is 0.307. The highest BCUT2D eigenvalue weighted by Gasteiger charge is 2.45. The molecule has 0 bridgehead atoms. The Bertz CT molecular complexity index is 1360. The number of hydrogen-bond acceptors (Lipinski definition) is 7. The van der Waals surface area contributed by atoms with E-state index in [1.54, 1.807) is 0 Å². The minimum atomic E-state index is -4.80. The zero-order chi connectivity index (χ0) is 25.0. The highest BCUT2D eigenvalue weighted by atomic mass is 79.9. The highest BCUT2D eigenvalue weighted by Crippen LogP contribution is 2.43. The van der Waals surface area contributed by atoms with Crippen LogP contribution in [0.2, 0.25) is 0 Å². The number of likely N-dealkylation sites (tertiary alicyclic amines) is 1. The number of alkyl halides is 3. The van der Waals surface area contributed by atoms with E-state index < -0.39 is 27.9 Å². The van der Waals surface area contributed by atoms with Gasteiger partial charge in [-0.1, -0.05) is 39.4 Å². The predicted molar refractivity (Wildman–Crippen MR) is 131 cm³/mol. The first-order valence-electron chi connectivity index (χ1n) is 11.0. The van der Waals surface area contributed by atoms with Gasteiger partial charge in [0, 0.05) is 43.3 Å². The third kappa shape index (κ3) is 4.78. The molecule has 2 aromatic carbocycles. The molecule has 1 aromatic heterocycles. The second-order valence-electron chi connectivity index (χ2n) is 9.19. The molecule has 1 spiro atoms. The monoisotopic (exact) mass is 568 g/mol. The molecule has 0 amide bonds. The highest BCUT2D eigenvalue weighted by molar-refractivity contribution is 9.10. The van der Waals surface area contributed by atoms with Crippen LogP contribution in [-0.4, -0.2) is 41.0 Å². The molecule has 0 radical (unpaired) electrons. The summed E-state index contributed by atoms with van der Waals surface area (Å²) in [6, 6.07) is 9.36. The van der Waals surface area contributed by atoms with Gasteiger partial charge in [-0.25, -0.2) is 0 Å². The van der Waals surface area contributed by atoms with Crippen LogP contribution in [0.1, 0.15) is 24.0 Å². The van der Waals surface area contributed by atoms with Crippen LogP contribution in [0.15, 0.2) is 45.7 Å². The van der Waals surface area contributed by atoms with E-state index in [1.165, 1.54) is 5.56 Å². The first-order chi connectivity index (χ1) is 16.5. The number of halogens is 4. The van der Waals surface area contributed by atoms with Crippen molar-refractivity contribution < 1.29 is 18.1 Å². The Labute approximate surface area is 210 Å². The third-order valence-corrected chi connectivity index (χ3v) is 8.38. The lowest BCUT2D eigenvalue weighted by Crippen LogP contribution is -2.59. The predicted octanol–water partition coefficient (Wildman–Crippen LogP) is 5.45. The molecular weight excluding hydrogens is 549 g/mol. The van der Waals surface area contributed by atoms with E-state index in [9.17, 15) is 28.1 Å². The van der Waals surface area contributed by atoms with Crippen LogP contribution >= 0.6 is 27.3 Å². The molecule has 2 aliphatic heterocycles. The van der Waals surface area contributed by atoms with Gasteiger partial charge < -0.3 is 4.90 Å². The molecule has 2 saturated heterocycles. The summed E-state index contributed by atoms with van der Waals surface area (Å²) in [6.45, 7) is 4.09. The number of benzene rings is 2.